The lowest BCUT2D eigenvalue weighted by Gasteiger charge is -2.22. The van der Waals surface area contributed by atoms with Crippen LogP contribution in [0.2, 0.25) is 0 Å². The molecule has 0 bridgehead atoms. The van der Waals surface area contributed by atoms with Crippen molar-refractivity contribution in [3.8, 4) is 0 Å². The highest BCUT2D eigenvalue weighted by Gasteiger charge is 2.20. The molecule has 5 nitrogen and oxygen atoms in total. The minimum absolute atomic E-state index is 0.241. The molecular formula is C21H24N4O. The number of hydrogen-bond acceptors (Lipinski definition) is 4. The molecule has 5 heteroatoms. The normalized spacial score (nSPS) is 10.7. The summed E-state index contributed by atoms with van der Waals surface area (Å²) < 4.78 is 0. The Labute approximate surface area is 154 Å². The number of nitrogens with zero attached hydrogens (tertiary/aromatic N) is 3. The third-order valence-corrected chi connectivity index (χ3v) is 4.45. The fourth-order valence-corrected chi connectivity index (χ4v) is 2.90. The van der Waals surface area contributed by atoms with Crippen LogP contribution in [-0.2, 0) is 6.42 Å². The van der Waals surface area contributed by atoms with E-state index < -0.39 is 0 Å². The van der Waals surface area contributed by atoms with Crippen molar-refractivity contribution < 1.29 is 4.79 Å². The van der Waals surface area contributed by atoms with Gasteiger partial charge in [0.25, 0.3) is 5.91 Å². The minimum Gasteiger partial charge on any atom is -0.355 e. The van der Waals surface area contributed by atoms with Crippen LogP contribution in [0.4, 0.5) is 11.5 Å². The third kappa shape index (κ3) is 3.67. The van der Waals surface area contributed by atoms with Crippen LogP contribution in [0.1, 0.15) is 36.8 Å². The molecule has 0 aliphatic heterocycles. The predicted octanol–water partition coefficient (Wildman–Crippen LogP) is 4.29. The van der Waals surface area contributed by atoms with E-state index in [0.717, 1.165) is 36.2 Å². The second-order valence-corrected chi connectivity index (χ2v) is 6.06. The van der Waals surface area contributed by atoms with Crippen molar-refractivity contribution in [1.82, 2.24) is 9.97 Å². The zero-order valence-corrected chi connectivity index (χ0v) is 15.5. The molecule has 0 spiro atoms. The molecule has 2 aromatic carbocycles. The molecule has 26 heavy (non-hydrogen) atoms. The van der Waals surface area contributed by atoms with E-state index in [-0.39, 0.29) is 5.91 Å². The molecule has 0 unspecified atom stereocenters. The highest BCUT2D eigenvalue weighted by molar-refractivity contribution is 6.07. The van der Waals surface area contributed by atoms with Gasteiger partial charge in [0.1, 0.15) is 0 Å². The summed E-state index contributed by atoms with van der Waals surface area (Å²) in [4.78, 5) is 24.3. The van der Waals surface area contributed by atoms with Crippen molar-refractivity contribution in [3.05, 3.63) is 59.8 Å². The summed E-state index contributed by atoms with van der Waals surface area (Å²) in [6.45, 7) is 7.72. The number of rotatable bonds is 6. The van der Waals surface area contributed by atoms with Gasteiger partial charge in [-0.2, -0.15) is 0 Å². The summed E-state index contributed by atoms with van der Waals surface area (Å²) in [5.41, 5.74) is 3.85. The van der Waals surface area contributed by atoms with Crippen LogP contribution in [-0.4, -0.2) is 29.0 Å². The fourth-order valence-electron chi connectivity index (χ4n) is 2.90. The van der Waals surface area contributed by atoms with Crippen LogP contribution >= 0.6 is 0 Å². The minimum atomic E-state index is -0.241. The number of fused-ring (bicyclic) bond motifs is 1. The molecule has 0 radical (unpaired) electrons. The second-order valence-electron chi connectivity index (χ2n) is 6.06. The average Bonchev–Trinajstić information content (AvgIpc) is 2.69. The number of aryl methyl sites for hydroxylation is 1. The number of carbonyl (C=O) groups is 1. The Hall–Kier alpha value is -2.95. The highest BCUT2D eigenvalue weighted by Crippen LogP contribution is 2.22. The molecule has 0 aliphatic rings. The largest absolute Gasteiger partial charge is 0.355 e. The SMILES string of the molecule is CCc1ccc(NC(=O)c2nc3ccccc3nc2N(CC)CC)cc1. The van der Waals surface area contributed by atoms with E-state index >= 15 is 0 Å². The van der Waals surface area contributed by atoms with Gasteiger partial charge in [-0.05, 0) is 50.1 Å². The van der Waals surface area contributed by atoms with Gasteiger partial charge < -0.3 is 10.2 Å². The maximum Gasteiger partial charge on any atom is 0.278 e. The molecule has 1 aromatic heterocycles. The molecule has 1 amide bonds. The summed E-state index contributed by atoms with van der Waals surface area (Å²) in [5, 5.41) is 2.95. The van der Waals surface area contributed by atoms with Crippen molar-refractivity contribution in [2.75, 3.05) is 23.3 Å². The molecule has 134 valence electrons. The Morgan fingerprint density at radius 2 is 1.54 bits per heavy atom. The monoisotopic (exact) mass is 348 g/mol. The zero-order chi connectivity index (χ0) is 18.5. The summed E-state index contributed by atoms with van der Waals surface area (Å²) >= 11 is 0. The molecule has 0 saturated heterocycles. The average molecular weight is 348 g/mol. The molecular weight excluding hydrogens is 324 g/mol. The second kappa shape index (κ2) is 7.95. The lowest BCUT2D eigenvalue weighted by atomic mass is 10.1. The summed E-state index contributed by atoms with van der Waals surface area (Å²) in [5.74, 6) is 0.380. The van der Waals surface area contributed by atoms with E-state index in [9.17, 15) is 4.79 Å². The van der Waals surface area contributed by atoms with Crippen LogP contribution in [0.15, 0.2) is 48.5 Å². The number of hydrogen-bond donors (Lipinski definition) is 1. The maximum atomic E-state index is 12.9. The van der Waals surface area contributed by atoms with Crippen molar-refractivity contribution in [2.45, 2.75) is 27.2 Å². The van der Waals surface area contributed by atoms with E-state index in [1.54, 1.807) is 0 Å². The number of nitrogens with one attached hydrogen (secondary N) is 1. The van der Waals surface area contributed by atoms with Crippen LogP contribution in [0.25, 0.3) is 11.0 Å². The smallest absolute Gasteiger partial charge is 0.278 e. The van der Waals surface area contributed by atoms with E-state index in [0.29, 0.717) is 11.5 Å². The van der Waals surface area contributed by atoms with E-state index in [2.05, 4.69) is 22.1 Å². The van der Waals surface area contributed by atoms with Crippen molar-refractivity contribution in [2.24, 2.45) is 0 Å². The van der Waals surface area contributed by atoms with Crippen molar-refractivity contribution in [3.63, 3.8) is 0 Å². The van der Waals surface area contributed by atoms with Crippen LogP contribution in [0, 0.1) is 0 Å². The molecule has 3 rings (SSSR count). The van der Waals surface area contributed by atoms with Gasteiger partial charge in [0.15, 0.2) is 11.5 Å². The number of amides is 1. The van der Waals surface area contributed by atoms with Gasteiger partial charge in [-0.1, -0.05) is 31.2 Å². The number of carbonyl (C=O) groups excluding carboxylic acids is 1. The quantitative estimate of drug-likeness (QED) is 0.722. The van der Waals surface area contributed by atoms with Crippen LogP contribution in [0.3, 0.4) is 0 Å². The van der Waals surface area contributed by atoms with Gasteiger partial charge in [-0.15, -0.1) is 0 Å². The lowest BCUT2D eigenvalue weighted by molar-refractivity contribution is 0.102. The van der Waals surface area contributed by atoms with Gasteiger partial charge in [0.2, 0.25) is 0 Å². The van der Waals surface area contributed by atoms with E-state index in [1.165, 1.54) is 5.56 Å². The third-order valence-electron chi connectivity index (χ3n) is 4.45. The summed E-state index contributed by atoms with van der Waals surface area (Å²) in [6, 6.07) is 15.5. The topological polar surface area (TPSA) is 58.1 Å². The van der Waals surface area contributed by atoms with Crippen molar-refractivity contribution in [1.29, 1.82) is 0 Å². The first kappa shape index (κ1) is 17.9. The van der Waals surface area contributed by atoms with Crippen molar-refractivity contribution >= 4 is 28.4 Å². The van der Waals surface area contributed by atoms with Crippen LogP contribution in [0.5, 0.6) is 0 Å². The molecule has 0 fully saturated rings. The van der Waals surface area contributed by atoms with Crippen LogP contribution < -0.4 is 10.2 Å². The first-order valence-corrected chi connectivity index (χ1v) is 9.08. The zero-order valence-electron chi connectivity index (χ0n) is 15.5. The highest BCUT2D eigenvalue weighted by atomic mass is 16.1. The van der Waals surface area contributed by atoms with Gasteiger partial charge in [-0.3, -0.25) is 4.79 Å². The van der Waals surface area contributed by atoms with Gasteiger partial charge in [0, 0.05) is 18.8 Å². The number of anilines is 2. The Kier molecular flexibility index (Phi) is 5.46. The summed E-state index contributed by atoms with van der Waals surface area (Å²) in [7, 11) is 0. The van der Waals surface area contributed by atoms with Gasteiger partial charge >= 0.3 is 0 Å². The number of benzene rings is 2. The van der Waals surface area contributed by atoms with Gasteiger partial charge in [-0.25, -0.2) is 9.97 Å². The fraction of sp³-hybridized carbons (Fsp3) is 0.286. The molecule has 0 saturated carbocycles. The first-order chi connectivity index (χ1) is 12.7. The molecule has 0 atom stereocenters. The Balaban J connectivity index is 2.00. The predicted molar refractivity (Wildman–Crippen MR) is 107 cm³/mol. The van der Waals surface area contributed by atoms with E-state index in [1.807, 2.05) is 62.4 Å². The molecule has 1 heterocycles. The lowest BCUT2D eigenvalue weighted by Crippen LogP contribution is -2.27. The molecule has 3 aromatic rings. The Morgan fingerprint density at radius 3 is 2.12 bits per heavy atom. The summed E-state index contributed by atoms with van der Waals surface area (Å²) in [6.07, 6.45) is 0.969. The number of aromatic nitrogens is 2. The van der Waals surface area contributed by atoms with Gasteiger partial charge in [0.05, 0.1) is 11.0 Å². The van der Waals surface area contributed by atoms with E-state index in [4.69, 9.17) is 4.98 Å². The molecule has 0 aliphatic carbocycles. The molecule has 1 N–H and O–H groups in total. The Bertz CT molecular complexity index is 902. The Morgan fingerprint density at radius 1 is 0.923 bits per heavy atom. The number of para-hydroxylation sites is 2. The maximum absolute atomic E-state index is 12.9. The standard InChI is InChI=1S/C21H24N4O/c1-4-15-11-13-16(14-12-15)22-21(26)19-20(25(5-2)6-3)24-18-10-8-7-9-17(18)23-19/h7-14H,4-6H2,1-3H3,(H,22,26). The first-order valence-electron chi connectivity index (χ1n) is 9.08.